The van der Waals surface area contributed by atoms with Crippen LogP contribution in [0.3, 0.4) is 0 Å². The van der Waals surface area contributed by atoms with Gasteiger partial charge in [-0.25, -0.2) is 0 Å². The quantitative estimate of drug-likeness (QED) is 0.321. The van der Waals surface area contributed by atoms with Crippen molar-refractivity contribution >= 4 is 58.2 Å². The number of anilines is 2. The fraction of sp³-hybridized carbons (Fsp3) is 0.115. The Bertz CT molecular complexity index is 1340. The van der Waals surface area contributed by atoms with E-state index in [2.05, 4.69) is 5.32 Å². The number of hydrogen-bond donors (Lipinski definition) is 1. The topological polar surface area (TPSA) is 73.2 Å². The molecule has 5 nitrogen and oxygen atoms in total. The maximum Gasteiger partial charge on any atom is 0.269 e. The monoisotopic (exact) mass is 507 g/mol. The number of nitriles is 1. The third kappa shape index (κ3) is 5.13. The van der Waals surface area contributed by atoms with Crippen LogP contribution in [0.1, 0.15) is 11.1 Å². The second-order valence-electron chi connectivity index (χ2n) is 7.68. The van der Waals surface area contributed by atoms with E-state index in [1.807, 2.05) is 43.3 Å². The normalized spacial score (nSPS) is 16.8. The number of hydrogen-bond acceptors (Lipinski definition) is 4. The highest BCUT2D eigenvalue weighted by atomic mass is 35.5. The molecule has 1 heterocycles. The maximum atomic E-state index is 13.5. The SMILES string of the molecule is Cc1cccc(C[C@H]2S/C(=C(/C#N)C(=O)Nc3cc(Cl)ccc3Cl)N(c3ccccc3)C2=O)c1. The van der Waals surface area contributed by atoms with E-state index in [1.54, 1.807) is 36.4 Å². The molecule has 8 heteroatoms. The first kappa shape index (κ1) is 23.9. The molecule has 1 fully saturated rings. The Hall–Kier alpha value is -3.24. The van der Waals surface area contributed by atoms with E-state index in [0.29, 0.717) is 17.1 Å². The molecule has 0 unspecified atom stereocenters. The van der Waals surface area contributed by atoms with Crippen LogP contribution < -0.4 is 10.2 Å². The number of carbonyl (C=O) groups is 2. The van der Waals surface area contributed by atoms with Gasteiger partial charge >= 0.3 is 0 Å². The lowest BCUT2D eigenvalue weighted by molar-refractivity contribution is -0.117. The van der Waals surface area contributed by atoms with Crippen molar-refractivity contribution in [1.82, 2.24) is 0 Å². The van der Waals surface area contributed by atoms with E-state index in [1.165, 1.54) is 22.7 Å². The Morgan fingerprint density at radius 2 is 1.85 bits per heavy atom. The molecule has 1 atom stereocenters. The first-order chi connectivity index (χ1) is 16.4. The van der Waals surface area contributed by atoms with Gasteiger partial charge in [-0.3, -0.25) is 14.5 Å². The fourth-order valence-corrected chi connectivity index (χ4v) is 5.28. The highest BCUT2D eigenvalue weighted by molar-refractivity contribution is 8.05. The van der Waals surface area contributed by atoms with Gasteiger partial charge in [0.25, 0.3) is 5.91 Å². The number of carbonyl (C=O) groups excluding carboxylic acids is 2. The van der Waals surface area contributed by atoms with Crippen LogP contribution >= 0.6 is 35.0 Å². The summed E-state index contributed by atoms with van der Waals surface area (Å²) in [4.78, 5) is 28.1. The minimum atomic E-state index is -0.667. The summed E-state index contributed by atoms with van der Waals surface area (Å²) in [5.41, 5.74) is 2.80. The summed E-state index contributed by atoms with van der Waals surface area (Å²) < 4.78 is 0. The van der Waals surface area contributed by atoms with Crippen molar-refractivity contribution in [2.45, 2.75) is 18.6 Å². The van der Waals surface area contributed by atoms with Crippen LogP contribution in [-0.4, -0.2) is 17.1 Å². The van der Waals surface area contributed by atoms with Gasteiger partial charge < -0.3 is 5.32 Å². The zero-order chi connectivity index (χ0) is 24.2. The largest absolute Gasteiger partial charge is 0.320 e. The van der Waals surface area contributed by atoms with Crippen LogP contribution in [-0.2, 0) is 16.0 Å². The molecule has 3 aromatic rings. The van der Waals surface area contributed by atoms with Crippen molar-refractivity contribution in [1.29, 1.82) is 5.26 Å². The number of nitrogens with zero attached hydrogens (tertiary/aromatic N) is 2. The smallest absolute Gasteiger partial charge is 0.269 e. The van der Waals surface area contributed by atoms with Crippen LogP contribution in [0.4, 0.5) is 11.4 Å². The summed E-state index contributed by atoms with van der Waals surface area (Å²) in [6.45, 7) is 1.99. The summed E-state index contributed by atoms with van der Waals surface area (Å²) in [6.07, 6.45) is 0.471. The van der Waals surface area contributed by atoms with Gasteiger partial charge in [0, 0.05) is 10.7 Å². The third-order valence-corrected chi connectivity index (χ3v) is 7.03. The van der Waals surface area contributed by atoms with Gasteiger partial charge in [0.05, 0.1) is 16.0 Å². The molecule has 170 valence electrons. The Labute approximate surface area is 212 Å². The van der Waals surface area contributed by atoms with Gasteiger partial charge in [0.15, 0.2) is 0 Å². The number of thioether (sulfide) groups is 1. The van der Waals surface area contributed by atoms with E-state index >= 15 is 0 Å². The Morgan fingerprint density at radius 1 is 1.09 bits per heavy atom. The van der Waals surface area contributed by atoms with E-state index in [-0.39, 0.29) is 27.2 Å². The van der Waals surface area contributed by atoms with Crippen molar-refractivity contribution in [2.24, 2.45) is 0 Å². The standard InChI is InChI=1S/C26H19Cl2N3O2S/c1-16-6-5-7-17(12-16)13-23-25(33)31(19-8-3-2-4-9-19)26(34-23)20(15-29)24(32)30-22-14-18(27)10-11-21(22)28/h2-12,14,23H,13H2,1H3,(H,30,32)/b26-20-/t23-/m1/s1. The van der Waals surface area contributed by atoms with Crippen LogP contribution in [0, 0.1) is 18.3 Å². The Morgan fingerprint density at radius 3 is 2.56 bits per heavy atom. The van der Waals surface area contributed by atoms with Crippen molar-refractivity contribution in [3.63, 3.8) is 0 Å². The number of halogens is 2. The van der Waals surface area contributed by atoms with E-state index in [0.717, 1.165) is 11.1 Å². The molecule has 1 aliphatic heterocycles. The lowest BCUT2D eigenvalue weighted by Crippen LogP contribution is -2.30. The lowest BCUT2D eigenvalue weighted by atomic mass is 10.1. The molecular formula is C26H19Cl2N3O2S. The molecule has 3 aromatic carbocycles. The Kier molecular flexibility index (Phi) is 7.28. The summed E-state index contributed by atoms with van der Waals surface area (Å²) in [7, 11) is 0. The summed E-state index contributed by atoms with van der Waals surface area (Å²) in [5, 5.41) is 13.1. The Balaban J connectivity index is 1.73. The predicted octanol–water partition coefficient (Wildman–Crippen LogP) is 6.37. The van der Waals surface area contributed by atoms with Gasteiger partial charge in [0.2, 0.25) is 5.91 Å². The van der Waals surface area contributed by atoms with Crippen LogP contribution in [0.5, 0.6) is 0 Å². The second-order valence-corrected chi connectivity index (χ2v) is 9.71. The molecule has 4 rings (SSSR count). The maximum absolute atomic E-state index is 13.5. The van der Waals surface area contributed by atoms with Crippen molar-refractivity contribution < 1.29 is 9.59 Å². The van der Waals surface area contributed by atoms with Gasteiger partial charge in [0.1, 0.15) is 16.7 Å². The molecule has 1 N–H and O–H groups in total. The minimum absolute atomic E-state index is 0.176. The third-order valence-electron chi connectivity index (χ3n) is 5.20. The average Bonchev–Trinajstić information content (AvgIpc) is 3.12. The summed E-state index contributed by atoms with van der Waals surface area (Å²) >= 11 is 13.4. The molecule has 1 aliphatic rings. The van der Waals surface area contributed by atoms with E-state index < -0.39 is 11.2 Å². The number of aryl methyl sites for hydroxylation is 1. The van der Waals surface area contributed by atoms with Crippen LogP contribution in [0.15, 0.2) is 83.4 Å². The zero-order valence-electron chi connectivity index (χ0n) is 18.1. The molecule has 34 heavy (non-hydrogen) atoms. The average molecular weight is 508 g/mol. The molecule has 2 amide bonds. The number of para-hydroxylation sites is 1. The highest BCUT2D eigenvalue weighted by Crippen LogP contribution is 2.42. The number of rotatable bonds is 5. The van der Waals surface area contributed by atoms with Crippen molar-refractivity contribution in [2.75, 3.05) is 10.2 Å². The fourth-order valence-electron chi connectivity index (χ4n) is 3.63. The molecule has 0 spiro atoms. The van der Waals surface area contributed by atoms with Crippen LogP contribution in [0.2, 0.25) is 10.0 Å². The van der Waals surface area contributed by atoms with E-state index in [9.17, 15) is 14.9 Å². The number of benzene rings is 3. The molecular weight excluding hydrogens is 489 g/mol. The van der Waals surface area contributed by atoms with Gasteiger partial charge in [-0.1, -0.05) is 83.0 Å². The van der Waals surface area contributed by atoms with Gasteiger partial charge in [-0.05, 0) is 49.2 Å². The number of amides is 2. The molecule has 0 aromatic heterocycles. The van der Waals surface area contributed by atoms with Gasteiger partial charge in [-0.2, -0.15) is 5.26 Å². The first-order valence-corrected chi connectivity index (χ1v) is 12.0. The molecule has 0 saturated carbocycles. The lowest BCUT2D eigenvalue weighted by Gasteiger charge is -2.18. The molecule has 0 bridgehead atoms. The van der Waals surface area contributed by atoms with Crippen LogP contribution in [0.25, 0.3) is 0 Å². The molecule has 0 aliphatic carbocycles. The molecule has 1 saturated heterocycles. The second kappa shape index (κ2) is 10.4. The summed E-state index contributed by atoms with van der Waals surface area (Å²) in [6, 6.07) is 23.6. The first-order valence-electron chi connectivity index (χ1n) is 10.4. The minimum Gasteiger partial charge on any atom is -0.320 e. The van der Waals surface area contributed by atoms with Crippen molar-refractivity contribution in [3.05, 3.63) is 105 Å². The zero-order valence-corrected chi connectivity index (χ0v) is 20.4. The molecule has 0 radical (unpaired) electrons. The predicted molar refractivity (Wildman–Crippen MR) is 138 cm³/mol. The number of nitrogens with one attached hydrogen (secondary N) is 1. The van der Waals surface area contributed by atoms with Crippen molar-refractivity contribution in [3.8, 4) is 6.07 Å². The summed E-state index contributed by atoms with van der Waals surface area (Å²) in [5.74, 6) is -0.854. The van der Waals surface area contributed by atoms with Gasteiger partial charge in [-0.15, -0.1) is 0 Å². The highest BCUT2D eigenvalue weighted by Gasteiger charge is 2.40. The van der Waals surface area contributed by atoms with E-state index in [4.69, 9.17) is 23.2 Å².